The summed E-state index contributed by atoms with van der Waals surface area (Å²) in [5, 5.41) is 15.5. The highest BCUT2D eigenvalue weighted by Crippen LogP contribution is 2.37. The van der Waals surface area contributed by atoms with Gasteiger partial charge >= 0.3 is 0 Å². The van der Waals surface area contributed by atoms with Crippen molar-refractivity contribution in [1.82, 2.24) is 4.98 Å². The lowest BCUT2D eigenvalue weighted by molar-refractivity contribution is -0.385. The van der Waals surface area contributed by atoms with Gasteiger partial charge in [-0.1, -0.05) is 34.8 Å². The number of ether oxygens (including phenoxy) is 2. The summed E-state index contributed by atoms with van der Waals surface area (Å²) >= 11 is 17.5. The number of fused-ring (bicyclic) bond motifs is 1. The zero-order valence-electron chi connectivity index (χ0n) is 11.6. The molecule has 0 unspecified atom stereocenters. The largest absolute Gasteiger partial charge is 0.454 e. The molecule has 1 aromatic heterocycles. The average Bonchev–Trinajstić information content (AvgIpc) is 2.98. The molecule has 1 aliphatic rings. The van der Waals surface area contributed by atoms with E-state index >= 15 is 0 Å². The van der Waals surface area contributed by atoms with Crippen LogP contribution in [-0.2, 0) is 0 Å². The van der Waals surface area contributed by atoms with Gasteiger partial charge in [0.05, 0.1) is 32.8 Å². The van der Waals surface area contributed by atoms with Crippen LogP contribution in [0.25, 0.3) is 0 Å². The zero-order valence-corrected chi connectivity index (χ0v) is 13.9. The molecule has 124 valence electrons. The summed E-state index contributed by atoms with van der Waals surface area (Å²) < 4.78 is 10.3. The van der Waals surface area contributed by atoms with Crippen molar-refractivity contribution in [3.05, 3.63) is 49.1 Å². The molecule has 0 atom stereocenters. The summed E-state index contributed by atoms with van der Waals surface area (Å²) in [4.78, 5) is 14.5. The highest BCUT2D eigenvalue weighted by atomic mass is 35.5. The molecule has 1 aromatic carbocycles. The number of nitro benzene ring substituents is 1. The molecule has 11 heteroatoms. The minimum atomic E-state index is -0.548. The molecule has 1 N–H and O–H groups in total. The molecule has 1 aliphatic heterocycles. The smallest absolute Gasteiger partial charge is 0.282 e. The van der Waals surface area contributed by atoms with Crippen LogP contribution in [0.1, 0.15) is 5.56 Å². The van der Waals surface area contributed by atoms with Gasteiger partial charge < -0.3 is 9.47 Å². The van der Waals surface area contributed by atoms with E-state index < -0.39 is 4.92 Å². The SMILES string of the molecule is O=[N+]([O-])c1cc2c(cc1C=NNc1nc(Cl)c(Cl)cc1Cl)OCO2. The number of hydrogen-bond donors (Lipinski definition) is 1. The van der Waals surface area contributed by atoms with E-state index in [-0.39, 0.29) is 39.1 Å². The van der Waals surface area contributed by atoms with E-state index in [0.717, 1.165) is 0 Å². The lowest BCUT2D eigenvalue weighted by Crippen LogP contribution is -1.98. The van der Waals surface area contributed by atoms with Gasteiger partial charge in [0.15, 0.2) is 17.3 Å². The summed E-state index contributed by atoms with van der Waals surface area (Å²) in [5.41, 5.74) is 2.59. The number of hydrazone groups is 1. The molecule has 0 fully saturated rings. The number of rotatable bonds is 4. The molecule has 8 nitrogen and oxygen atoms in total. The van der Waals surface area contributed by atoms with Crippen LogP contribution in [0.3, 0.4) is 0 Å². The first-order chi connectivity index (χ1) is 11.5. The highest BCUT2D eigenvalue weighted by molar-refractivity contribution is 6.42. The standard InChI is InChI=1S/C13H7Cl3N4O4/c14-7-2-8(15)13(18-12(7)16)19-17-4-6-1-10-11(24-5-23-10)3-9(6)20(21)22/h1-4H,5H2,(H,18,19). The van der Waals surface area contributed by atoms with Crippen LogP contribution in [0.15, 0.2) is 23.3 Å². The van der Waals surface area contributed by atoms with Crippen LogP contribution in [0.5, 0.6) is 11.5 Å². The summed E-state index contributed by atoms with van der Waals surface area (Å²) in [5.74, 6) is 0.861. The molecule has 2 heterocycles. The van der Waals surface area contributed by atoms with Gasteiger partial charge in [-0.3, -0.25) is 15.5 Å². The normalized spacial score (nSPS) is 12.6. The maximum Gasteiger partial charge on any atom is 0.282 e. The van der Waals surface area contributed by atoms with Crippen molar-refractivity contribution in [2.45, 2.75) is 0 Å². The molecule has 0 radical (unpaired) electrons. The molecule has 2 aromatic rings. The highest BCUT2D eigenvalue weighted by Gasteiger charge is 2.22. The van der Waals surface area contributed by atoms with Crippen molar-refractivity contribution in [3.8, 4) is 11.5 Å². The van der Waals surface area contributed by atoms with Gasteiger partial charge in [-0.2, -0.15) is 5.10 Å². The maximum atomic E-state index is 11.2. The van der Waals surface area contributed by atoms with Crippen LogP contribution in [0.4, 0.5) is 11.5 Å². The monoisotopic (exact) mass is 388 g/mol. The molecule has 24 heavy (non-hydrogen) atoms. The fraction of sp³-hybridized carbons (Fsp3) is 0.0769. The number of anilines is 1. The number of benzene rings is 1. The minimum Gasteiger partial charge on any atom is -0.454 e. The van der Waals surface area contributed by atoms with E-state index in [1.54, 1.807) is 0 Å². The summed E-state index contributed by atoms with van der Waals surface area (Å²) in [6.07, 6.45) is 1.24. The first-order valence-corrected chi connectivity index (χ1v) is 7.47. The van der Waals surface area contributed by atoms with Crippen LogP contribution >= 0.6 is 34.8 Å². The summed E-state index contributed by atoms with van der Waals surface area (Å²) in [6.45, 7) is 0.00807. The van der Waals surface area contributed by atoms with Crippen molar-refractivity contribution < 1.29 is 14.4 Å². The second-order valence-electron chi connectivity index (χ2n) is 4.48. The molecule has 0 spiro atoms. The van der Waals surface area contributed by atoms with Crippen molar-refractivity contribution in [2.75, 3.05) is 12.2 Å². The second kappa shape index (κ2) is 6.68. The van der Waals surface area contributed by atoms with Crippen LogP contribution in [0.2, 0.25) is 15.2 Å². The van der Waals surface area contributed by atoms with Crippen molar-refractivity contribution in [3.63, 3.8) is 0 Å². The van der Waals surface area contributed by atoms with Crippen LogP contribution < -0.4 is 14.9 Å². The van der Waals surface area contributed by atoms with E-state index in [1.807, 2.05) is 0 Å². The first-order valence-electron chi connectivity index (χ1n) is 6.34. The Labute approximate surface area is 150 Å². The Morgan fingerprint density at radius 3 is 2.62 bits per heavy atom. The number of pyridine rings is 1. The van der Waals surface area contributed by atoms with Gasteiger partial charge in [-0.25, -0.2) is 4.98 Å². The number of nitrogens with one attached hydrogen (secondary N) is 1. The molecular formula is C13H7Cl3N4O4. The molecular weight excluding hydrogens is 383 g/mol. The van der Waals surface area contributed by atoms with E-state index in [2.05, 4.69) is 15.5 Å². The average molecular weight is 390 g/mol. The molecule has 0 aliphatic carbocycles. The van der Waals surface area contributed by atoms with Crippen molar-refractivity contribution in [2.24, 2.45) is 5.10 Å². The predicted molar refractivity (Wildman–Crippen MR) is 89.7 cm³/mol. The molecule has 3 rings (SSSR count). The summed E-state index contributed by atoms with van der Waals surface area (Å²) in [7, 11) is 0. The molecule has 0 amide bonds. The number of nitro groups is 1. The van der Waals surface area contributed by atoms with E-state index in [4.69, 9.17) is 44.3 Å². The Morgan fingerprint density at radius 1 is 1.21 bits per heavy atom. The first kappa shape index (κ1) is 16.6. The third kappa shape index (κ3) is 3.30. The topological polar surface area (TPSA) is 98.9 Å². The Bertz CT molecular complexity index is 860. The molecule has 0 saturated carbocycles. The van der Waals surface area contributed by atoms with Gasteiger partial charge in [-0.15, -0.1) is 0 Å². The lowest BCUT2D eigenvalue weighted by atomic mass is 10.1. The third-order valence-corrected chi connectivity index (χ3v) is 3.94. The third-order valence-electron chi connectivity index (χ3n) is 2.98. The van der Waals surface area contributed by atoms with Gasteiger partial charge in [0.2, 0.25) is 6.79 Å². The summed E-state index contributed by atoms with van der Waals surface area (Å²) in [6, 6.07) is 4.13. The van der Waals surface area contributed by atoms with Gasteiger partial charge in [0, 0.05) is 0 Å². The fourth-order valence-electron chi connectivity index (χ4n) is 1.89. The zero-order chi connectivity index (χ0) is 17.3. The molecule has 0 saturated heterocycles. The van der Waals surface area contributed by atoms with Gasteiger partial charge in [0.25, 0.3) is 5.69 Å². The van der Waals surface area contributed by atoms with E-state index in [1.165, 1.54) is 24.4 Å². The van der Waals surface area contributed by atoms with Crippen molar-refractivity contribution in [1.29, 1.82) is 0 Å². The Morgan fingerprint density at radius 2 is 1.92 bits per heavy atom. The second-order valence-corrected chi connectivity index (χ2v) is 5.66. The number of nitrogens with zero attached hydrogens (tertiary/aromatic N) is 3. The lowest BCUT2D eigenvalue weighted by Gasteiger charge is -2.04. The number of hydrogen-bond acceptors (Lipinski definition) is 7. The Kier molecular flexibility index (Phi) is 4.61. The quantitative estimate of drug-likeness (QED) is 0.365. The molecule has 0 bridgehead atoms. The number of halogens is 3. The van der Waals surface area contributed by atoms with Crippen LogP contribution in [0, 0.1) is 10.1 Å². The van der Waals surface area contributed by atoms with Crippen molar-refractivity contribution >= 4 is 52.5 Å². The van der Waals surface area contributed by atoms with Gasteiger partial charge in [-0.05, 0) is 12.1 Å². The van der Waals surface area contributed by atoms with Gasteiger partial charge in [0.1, 0.15) is 5.15 Å². The van der Waals surface area contributed by atoms with E-state index in [9.17, 15) is 10.1 Å². The Hall–Kier alpha value is -2.29. The minimum absolute atomic E-state index is 0.00807. The number of aromatic nitrogens is 1. The maximum absolute atomic E-state index is 11.2. The van der Waals surface area contributed by atoms with Crippen LogP contribution in [-0.4, -0.2) is 22.9 Å². The fourth-order valence-corrected chi connectivity index (χ4v) is 2.43. The Balaban J connectivity index is 1.87. The predicted octanol–water partition coefficient (Wildman–Crippen LogP) is 4.12. The van der Waals surface area contributed by atoms with E-state index in [0.29, 0.717) is 11.5 Å².